The maximum absolute atomic E-state index is 12.3. The summed E-state index contributed by atoms with van der Waals surface area (Å²) in [6.07, 6.45) is 0. The highest BCUT2D eigenvalue weighted by Crippen LogP contribution is 2.18. The van der Waals surface area contributed by atoms with Crippen molar-refractivity contribution in [2.45, 2.75) is 6.92 Å². The average molecular weight is 349 g/mol. The van der Waals surface area contributed by atoms with Gasteiger partial charge in [-0.2, -0.15) is 0 Å². The van der Waals surface area contributed by atoms with Crippen LogP contribution >= 0.6 is 28.1 Å². The van der Waals surface area contributed by atoms with Gasteiger partial charge in [0.05, 0.1) is 0 Å². The second-order valence-corrected chi connectivity index (χ2v) is 5.71. The Hall–Kier alpha value is -1.72. The van der Waals surface area contributed by atoms with Gasteiger partial charge in [0.2, 0.25) is 0 Å². The topological polar surface area (TPSA) is 55.1 Å². The molecule has 0 bridgehead atoms. The van der Waals surface area contributed by atoms with Crippen molar-refractivity contribution in [1.82, 2.24) is 0 Å². The van der Waals surface area contributed by atoms with Gasteiger partial charge in [0.15, 0.2) is 0 Å². The number of nitrogens with one attached hydrogen (secondary N) is 1. The lowest BCUT2D eigenvalue weighted by molar-refractivity contribution is 0.102. The summed E-state index contributed by atoms with van der Waals surface area (Å²) >= 11 is 8.29. The first-order chi connectivity index (χ1) is 9.47. The minimum atomic E-state index is -0.163. The summed E-state index contributed by atoms with van der Waals surface area (Å²) in [5, 5.41) is 2.85. The average Bonchev–Trinajstić information content (AvgIpc) is 2.41. The zero-order valence-corrected chi connectivity index (χ0v) is 13.2. The number of aryl methyl sites for hydroxylation is 1. The van der Waals surface area contributed by atoms with Crippen LogP contribution in [0.5, 0.6) is 0 Å². The van der Waals surface area contributed by atoms with Crippen LogP contribution in [0.1, 0.15) is 21.5 Å². The Balaban J connectivity index is 2.25. The number of rotatable bonds is 3. The molecule has 0 atom stereocenters. The number of benzene rings is 2. The Morgan fingerprint density at radius 1 is 1.25 bits per heavy atom. The van der Waals surface area contributed by atoms with Crippen molar-refractivity contribution in [2.75, 3.05) is 5.32 Å². The fourth-order valence-corrected chi connectivity index (χ4v) is 2.28. The summed E-state index contributed by atoms with van der Waals surface area (Å²) in [6.45, 7) is 1.90. The standard InChI is InChI=1S/C15H13BrN2OS/c1-9-5-6-11(16)8-13(9)15(19)18-12-4-2-3-10(7-12)14(17)20/h2-8H,1H3,(H2,17,20)(H,18,19). The zero-order valence-electron chi connectivity index (χ0n) is 10.8. The number of hydrogen-bond donors (Lipinski definition) is 2. The Kier molecular flexibility index (Phi) is 4.52. The van der Waals surface area contributed by atoms with Crippen LogP contribution in [0.25, 0.3) is 0 Å². The zero-order chi connectivity index (χ0) is 14.7. The molecule has 5 heteroatoms. The molecule has 2 rings (SSSR count). The molecule has 102 valence electrons. The summed E-state index contributed by atoms with van der Waals surface area (Å²) in [5.74, 6) is -0.163. The Bertz CT molecular complexity index is 685. The van der Waals surface area contributed by atoms with Crippen molar-refractivity contribution in [3.63, 3.8) is 0 Å². The Morgan fingerprint density at radius 3 is 2.70 bits per heavy atom. The Labute approximate surface area is 131 Å². The predicted molar refractivity (Wildman–Crippen MR) is 89.2 cm³/mol. The van der Waals surface area contributed by atoms with Crippen molar-refractivity contribution >= 4 is 44.7 Å². The van der Waals surface area contributed by atoms with Crippen molar-refractivity contribution in [3.05, 3.63) is 63.6 Å². The Morgan fingerprint density at radius 2 is 2.00 bits per heavy atom. The van der Waals surface area contributed by atoms with Gasteiger partial charge in [0.1, 0.15) is 4.99 Å². The molecule has 0 aliphatic rings. The van der Waals surface area contributed by atoms with Crippen LogP contribution in [-0.2, 0) is 0 Å². The molecule has 1 amide bonds. The molecule has 0 aromatic heterocycles. The highest BCUT2D eigenvalue weighted by Gasteiger charge is 2.10. The van der Waals surface area contributed by atoms with Crippen molar-refractivity contribution in [2.24, 2.45) is 5.73 Å². The van der Waals surface area contributed by atoms with Gasteiger partial charge in [-0.15, -0.1) is 0 Å². The number of hydrogen-bond acceptors (Lipinski definition) is 2. The van der Waals surface area contributed by atoms with Crippen molar-refractivity contribution in [3.8, 4) is 0 Å². The highest BCUT2D eigenvalue weighted by atomic mass is 79.9. The minimum Gasteiger partial charge on any atom is -0.389 e. The molecule has 3 nitrogen and oxygen atoms in total. The van der Waals surface area contributed by atoms with Gasteiger partial charge >= 0.3 is 0 Å². The molecule has 3 N–H and O–H groups in total. The third kappa shape index (κ3) is 3.43. The second kappa shape index (κ2) is 6.15. The number of carbonyl (C=O) groups excluding carboxylic acids is 1. The maximum atomic E-state index is 12.3. The van der Waals surface area contributed by atoms with Gasteiger partial charge in [-0.25, -0.2) is 0 Å². The lowest BCUT2D eigenvalue weighted by Gasteiger charge is -2.09. The molecule has 0 aliphatic carbocycles. The van der Waals surface area contributed by atoms with Gasteiger partial charge in [-0.3, -0.25) is 4.79 Å². The monoisotopic (exact) mass is 348 g/mol. The second-order valence-electron chi connectivity index (χ2n) is 4.36. The first-order valence-electron chi connectivity index (χ1n) is 5.95. The summed E-state index contributed by atoms with van der Waals surface area (Å²) in [7, 11) is 0. The van der Waals surface area contributed by atoms with Gasteiger partial charge in [-0.05, 0) is 36.8 Å². The van der Waals surface area contributed by atoms with E-state index in [1.54, 1.807) is 24.3 Å². The third-order valence-corrected chi connectivity index (χ3v) is 3.58. The predicted octanol–water partition coefficient (Wildman–Crippen LogP) is 3.64. The lowest BCUT2D eigenvalue weighted by atomic mass is 10.1. The van der Waals surface area contributed by atoms with Crippen molar-refractivity contribution in [1.29, 1.82) is 0 Å². The molecule has 0 saturated carbocycles. The maximum Gasteiger partial charge on any atom is 0.255 e. The summed E-state index contributed by atoms with van der Waals surface area (Å²) in [5.41, 5.74) is 8.51. The first kappa shape index (κ1) is 14.7. The molecule has 0 heterocycles. The van der Waals surface area contributed by atoms with E-state index in [-0.39, 0.29) is 5.91 Å². The molecule has 2 aromatic rings. The number of halogens is 1. The van der Waals surface area contributed by atoms with E-state index in [0.717, 1.165) is 15.6 Å². The number of anilines is 1. The number of carbonyl (C=O) groups is 1. The number of amides is 1. The molecule has 0 fully saturated rings. The molecule has 0 radical (unpaired) electrons. The smallest absolute Gasteiger partial charge is 0.255 e. The van der Waals surface area contributed by atoms with Crippen LogP contribution < -0.4 is 11.1 Å². The van der Waals surface area contributed by atoms with Gasteiger partial charge in [-0.1, -0.05) is 46.3 Å². The fourth-order valence-electron chi connectivity index (χ4n) is 1.79. The van der Waals surface area contributed by atoms with Gasteiger partial charge < -0.3 is 11.1 Å². The van der Waals surface area contributed by atoms with E-state index in [4.69, 9.17) is 18.0 Å². The summed E-state index contributed by atoms with van der Waals surface area (Å²) in [6, 6.07) is 12.8. The van der Waals surface area contributed by atoms with Crippen LogP contribution in [0, 0.1) is 6.92 Å². The van der Waals surface area contributed by atoms with E-state index in [2.05, 4.69) is 21.2 Å². The SMILES string of the molecule is Cc1ccc(Br)cc1C(=O)Nc1cccc(C(N)=S)c1. The number of nitrogens with two attached hydrogens (primary N) is 1. The van der Waals surface area contributed by atoms with Crippen molar-refractivity contribution < 1.29 is 4.79 Å². The van der Waals surface area contributed by atoms with Crippen LogP contribution in [-0.4, -0.2) is 10.9 Å². The molecule has 0 aliphatic heterocycles. The molecular formula is C15H13BrN2OS. The molecule has 0 saturated heterocycles. The van der Waals surface area contributed by atoms with Crippen LogP contribution in [0.15, 0.2) is 46.9 Å². The van der Waals surface area contributed by atoms with Crippen LogP contribution in [0.2, 0.25) is 0 Å². The fraction of sp³-hybridized carbons (Fsp3) is 0.0667. The first-order valence-corrected chi connectivity index (χ1v) is 7.15. The van der Waals surface area contributed by atoms with E-state index in [0.29, 0.717) is 16.2 Å². The van der Waals surface area contributed by atoms with Gasteiger partial charge in [0.25, 0.3) is 5.91 Å². The quantitative estimate of drug-likeness (QED) is 0.832. The molecule has 2 aromatic carbocycles. The van der Waals surface area contributed by atoms with Crippen LogP contribution in [0.3, 0.4) is 0 Å². The normalized spacial score (nSPS) is 10.1. The van der Waals surface area contributed by atoms with E-state index in [1.165, 1.54) is 0 Å². The third-order valence-electron chi connectivity index (χ3n) is 2.85. The molecule has 0 spiro atoms. The minimum absolute atomic E-state index is 0.163. The van der Waals surface area contributed by atoms with E-state index in [9.17, 15) is 4.79 Å². The highest BCUT2D eigenvalue weighted by molar-refractivity contribution is 9.10. The summed E-state index contributed by atoms with van der Waals surface area (Å²) < 4.78 is 0.866. The largest absolute Gasteiger partial charge is 0.389 e. The van der Waals surface area contributed by atoms with Crippen LogP contribution in [0.4, 0.5) is 5.69 Å². The summed E-state index contributed by atoms with van der Waals surface area (Å²) in [4.78, 5) is 12.6. The number of thiocarbonyl (C=S) groups is 1. The lowest BCUT2D eigenvalue weighted by Crippen LogP contribution is -2.15. The molecular weight excluding hydrogens is 336 g/mol. The van der Waals surface area contributed by atoms with E-state index < -0.39 is 0 Å². The van der Waals surface area contributed by atoms with E-state index in [1.807, 2.05) is 25.1 Å². The molecule has 20 heavy (non-hydrogen) atoms. The van der Waals surface area contributed by atoms with Gasteiger partial charge in [0, 0.05) is 21.3 Å². The molecule has 0 unspecified atom stereocenters. The van der Waals surface area contributed by atoms with E-state index >= 15 is 0 Å².